The molecule has 1 aliphatic rings. The molecule has 0 aliphatic carbocycles. The highest BCUT2D eigenvalue weighted by atomic mass is 16.5. The highest BCUT2D eigenvalue weighted by Gasteiger charge is 2.11. The van der Waals surface area contributed by atoms with Gasteiger partial charge in [-0.1, -0.05) is 13.8 Å². The lowest BCUT2D eigenvalue weighted by Gasteiger charge is -2.09. The Labute approximate surface area is 101 Å². The number of rotatable bonds is 3. The average molecular weight is 234 g/mol. The summed E-state index contributed by atoms with van der Waals surface area (Å²) in [4.78, 5) is 11.5. The number of ether oxygens (including phenoxy) is 1. The molecule has 1 aromatic carbocycles. The normalized spacial score (nSPS) is 13.1. The first-order valence-electron chi connectivity index (χ1n) is 5.96. The van der Waals surface area contributed by atoms with E-state index >= 15 is 0 Å². The first kappa shape index (κ1) is 11.8. The molecule has 1 heterocycles. The summed E-state index contributed by atoms with van der Waals surface area (Å²) < 4.78 is 5.06. The average Bonchev–Trinajstić information content (AvgIpc) is 2.73. The van der Waals surface area contributed by atoms with Crippen molar-refractivity contribution in [1.82, 2.24) is 0 Å². The van der Waals surface area contributed by atoms with Crippen LogP contribution in [0, 0.1) is 5.92 Å². The monoisotopic (exact) mass is 234 g/mol. The maximum absolute atomic E-state index is 11.5. The van der Waals surface area contributed by atoms with Crippen LogP contribution in [-0.4, -0.2) is 19.2 Å². The summed E-state index contributed by atoms with van der Waals surface area (Å²) in [5.74, 6) is 0.352. The fourth-order valence-electron chi connectivity index (χ4n) is 1.78. The van der Waals surface area contributed by atoms with Gasteiger partial charge in [-0.2, -0.15) is 0 Å². The van der Waals surface area contributed by atoms with E-state index in [0.717, 1.165) is 24.3 Å². The topological polar surface area (TPSA) is 50.4 Å². The molecule has 0 spiro atoms. The molecular formula is C13H18N2O2. The summed E-state index contributed by atoms with van der Waals surface area (Å²) in [6.07, 6.45) is 0.621. The highest BCUT2D eigenvalue weighted by Crippen LogP contribution is 2.25. The van der Waals surface area contributed by atoms with Crippen LogP contribution in [0.5, 0.6) is 0 Å². The molecule has 0 unspecified atom stereocenters. The van der Waals surface area contributed by atoms with E-state index in [1.54, 1.807) is 0 Å². The van der Waals surface area contributed by atoms with E-state index in [-0.39, 0.29) is 6.09 Å². The van der Waals surface area contributed by atoms with Crippen molar-refractivity contribution in [3.05, 3.63) is 23.8 Å². The minimum Gasteiger partial charge on any atom is -0.449 e. The van der Waals surface area contributed by atoms with Crippen molar-refractivity contribution in [3.8, 4) is 0 Å². The summed E-state index contributed by atoms with van der Waals surface area (Å²) >= 11 is 0. The molecule has 0 saturated carbocycles. The van der Waals surface area contributed by atoms with Gasteiger partial charge in [0.2, 0.25) is 0 Å². The number of fused-ring (bicyclic) bond motifs is 1. The number of hydrogen-bond acceptors (Lipinski definition) is 3. The molecule has 4 heteroatoms. The van der Waals surface area contributed by atoms with Gasteiger partial charge < -0.3 is 10.1 Å². The second-order valence-corrected chi connectivity index (χ2v) is 4.67. The van der Waals surface area contributed by atoms with Gasteiger partial charge in [-0.05, 0) is 36.1 Å². The van der Waals surface area contributed by atoms with Gasteiger partial charge in [0.25, 0.3) is 0 Å². The predicted molar refractivity (Wildman–Crippen MR) is 68.4 cm³/mol. The van der Waals surface area contributed by atoms with Crippen molar-refractivity contribution in [2.75, 3.05) is 23.8 Å². The zero-order valence-electron chi connectivity index (χ0n) is 10.2. The second-order valence-electron chi connectivity index (χ2n) is 4.67. The van der Waals surface area contributed by atoms with E-state index in [2.05, 4.69) is 10.6 Å². The Bertz CT molecular complexity index is 416. The zero-order valence-corrected chi connectivity index (χ0v) is 10.2. The third kappa shape index (κ3) is 3.12. The largest absolute Gasteiger partial charge is 0.449 e. The van der Waals surface area contributed by atoms with Gasteiger partial charge in [0.15, 0.2) is 0 Å². The van der Waals surface area contributed by atoms with Crippen LogP contribution in [0.2, 0.25) is 0 Å². The molecule has 1 aliphatic heterocycles. The quantitative estimate of drug-likeness (QED) is 0.845. The molecular weight excluding hydrogens is 216 g/mol. The molecule has 1 aromatic rings. The Kier molecular flexibility index (Phi) is 3.52. The molecule has 17 heavy (non-hydrogen) atoms. The second kappa shape index (κ2) is 5.08. The van der Waals surface area contributed by atoms with E-state index in [0.29, 0.717) is 12.5 Å². The smallest absolute Gasteiger partial charge is 0.411 e. The number of carbonyl (C=O) groups is 1. The SMILES string of the molecule is CC(C)COC(=O)Nc1ccc2c(c1)CCN2. The van der Waals surface area contributed by atoms with Crippen molar-refractivity contribution in [3.63, 3.8) is 0 Å². The molecule has 4 nitrogen and oxygen atoms in total. The lowest BCUT2D eigenvalue weighted by molar-refractivity contribution is 0.147. The fourth-order valence-corrected chi connectivity index (χ4v) is 1.78. The van der Waals surface area contributed by atoms with Crippen molar-refractivity contribution >= 4 is 17.5 Å². The van der Waals surface area contributed by atoms with Gasteiger partial charge in [-0.3, -0.25) is 5.32 Å². The lowest BCUT2D eigenvalue weighted by Crippen LogP contribution is -2.16. The van der Waals surface area contributed by atoms with Gasteiger partial charge in [-0.25, -0.2) is 4.79 Å². The fraction of sp³-hybridized carbons (Fsp3) is 0.462. The third-order valence-corrected chi connectivity index (χ3v) is 2.61. The summed E-state index contributed by atoms with van der Waals surface area (Å²) in [7, 11) is 0. The van der Waals surface area contributed by atoms with Crippen LogP contribution in [-0.2, 0) is 11.2 Å². The van der Waals surface area contributed by atoms with Gasteiger partial charge in [0, 0.05) is 17.9 Å². The van der Waals surface area contributed by atoms with Crippen LogP contribution in [0.3, 0.4) is 0 Å². The van der Waals surface area contributed by atoms with Crippen LogP contribution < -0.4 is 10.6 Å². The Balaban J connectivity index is 1.92. The Morgan fingerprint density at radius 1 is 1.53 bits per heavy atom. The number of carbonyl (C=O) groups excluding carboxylic acids is 1. The van der Waals surface area contributed by atoms with Crippen LogP contribution in [0.15, 0.2) is 18.2 Å². The summed E-state index contributed by atoms with van der Waals surface area (Å²) in [6, 6.07) is 5.86. The maximum Gasteiger partial charge on any atom is 0.411 e. The zero-order chi connectivity index (χ0) is 12.3. The third-order valence-electron chi connectivity index (χ3n) is 2.61. The summed E-state index contributed by atoms with van der Waals surface area (Å²) in [6.45, 7) is 5.43. The first-order valence-corrected chi connectivity index (χ1v) is 5.96. The van der Waals surface area contributed by atoms with E-state index in [4.69, 9.17) is 4.74 Å². The van der Waals surface area contributed by atoms with E-state index in [1.165, 1.54) is 5.56 Å². The van der Waals surface area contributed by atoms with Gasteiger partial charge in [0.1, 0.15) is 0 Å². The Morgan fingerprint density at radius 2 is 2.35 bits per heavy atom. The molecule has 1 amide bonds. The number of benzene rings is 1. The van der Waals surface area contributed by atoms with Crippen LogP contribution in [0.4, 0.5) is 16.2 Å². The first-order chi connectivity index (χ1) is 8.15. The number of amides is 1. The van der Waals surface area contributed by atoms with Gasteiger partial charge in [0.05, 0.1) is 6.61 Å². The predicted octanol–water partition coefficient (Wildman–Crippen LogP) is 2.86. The number of hydrogen-bond donors (Lipinski definition) is 2. The molecule has 0 atom stereocenters. The molecule has 0 saturated heterocycles. The van der Waals surface area contributed by atoms with E-state index < -0.39 is 0 Å². The van der Waals surface area contributed by atoms with E-state index in [1.807, 2.05) is 32.0 Å². The highest BCUT2D eigenvalue weighted by molar-refractivity contribution is 5.85. The molecule has 0 bridgehead atoms. The van der Waals surface area contributed by atoms with Crippen molar-refractivity contribution in [2.24, 2.45) is 5.92 Å². The molecule has 0 aromatic heterocycles. The molecule has 0 fully saturated rings. The minimum atomic E-state index is -0.385. The molecule has 2 rings (SSSR count). The summed E-state index contributed by atoms with van der Waals surface area (Å²) in [5, 5.41) is 6.01. The van der Waals surface area contributed by atoms with Crippen molar-refractivity contribution in [1.29, 1.82) is 0 Å². The van der Waals surface area contributed by atoms with Crippen molar-refractivity contribution < 1.29 is 9.53 Å². The number of nitrogens with one attached hydrogen (secondary N) is 2. The summed E-state index contributed by atoms with van der Waals surface area (Å²) in [5.41, 5.74) is 3.19. The maximum atomic E-state index is 11.5. The number of anilines is 2. The van der Waals surface area contributed by atoms with Crippen LogP contribution in [0.25, 0.3) is 0 Å². The van der Waals surface area contributed by atoms with Gasteiger partial charge in [-0.15, -0.1) is 0 Å². The van der Waals surface area contributed by atoms with Crippen LogP contribution >= 0.6 is 0 Å². The van der Waals surface area contributed by atoms with Crippen molar-refractivity contribution in [2.45, 2.75) is 20.3 Å². The molecule has 92 valence electrons. The Morgan fingerprint density at radius 3 is 3.12 bits per heavy atom. The van der Waals surface area contributed by atoms with Gasteiger partial charge >= 0.3 is 6.09 Å². The minimum absolute atomic E-state index is 0.352. The Hall–Kier alpha value is -1.71. The standard InChI is InChI=1S/C13H18N2O2/c1-9(2)8-17-13(16)15-11-3-4-12-10(7-11)5-6-14-12/h3-4,7,9,14H,5-6,8H2,1-2H3,(H,15,16). The van der Waals surface area contributed by atoms with E-state index in [9.17, 15) is 4.79 Å². The molecule has 0 radical (unpaired) electrons. The van der Waals surface area contributed by atoms with Crippen LogP contribution in [0.1, 0.15) is 19.4 Å². The lowest BCUT2D eigenvalue weighted by atomic mass is 10.1. The molecule has 2 N–H and O–H groups in total.